The summed E-state index contributed by atoms with van der Waals surface area (Å²) in [5, 5.41) is 0.537. The van der Waals surface area contributed by atoms with E-state index in [-0.39, 0.29) is 0 Å². The van der Waals surface area contributed by atoms with Gasteiger partial charge in [-0.1, -0.05) is 41.9 Å². The van der Waals surface area contributed by atoms with Crippen molar-refractivity contribution in [2.24, 2.45) is 0 Å². The molecule has 0 saturated carbocycles. The number of aromatic nitrogens is 2. The lowest BCUT2D eigenvalue weighted by Crippen LogP contribution is -1.97. The van der Waals surface area contributed by atoms with E-state index in [1.165, 1.54) is 5.56 Å². The first-order valence-electron chi connectivity index (χ1n) is 5.48. The smallest absolute Gasteiger partial charge is 0.129 e. The van der Waals surface area contributed by atoms with E-state index in [2.05, 4.69) is 33.8 Å². The third-order valence-corrected chi connectivity index (χ3v) is 3.00. The van der Waals surface area contributed by atoms with Crippen LogP contribution in [0.4, 0.5) is 0 Å². The van der Waals surface area contributed by atoms with Gasteiger partial charge in [0.1, 0.15) is 5.15 Å². The number of halogens is 1. The largest absolute Gasteiger partial charge is 0.342 e. The summed E-state index contributed by atoms with van der Waals surface area (Å²) in [4.78, 5) is 4.28. The monoisotopic (exact) mass is 242 g/mol. The number of fused-ring (bicyclic) bond motifs is 1. The Morgan fingerprint density at radius 1 is 1.00 bits per heavy atom. The number of hydrogen-bond acceptors (Lipinski definition) is 1. The van der Waals surface area contributed by atoms with Gasteiger partial charge in [0.25, 0.3) is 0 Å². The Balaban J connectivity index is 2.01. The fraction of sp³-hybridized carbons (Fsp3) is 0.0714. The van der Waals surface area contributed by atoms with Gasteiger partial charge in [-0.15, -0.1) is 0 Å². The van der Waals surface area contributed by atoms with Crippen LogP contribution in [0.1, 0.15) is 5.56 Å². The molecule has 0 saturated heterocycles. The van der Waals surface area contributed by atoms with Crippen molar-refractivity contribution in [1.82, 2.24) is 9.55 Å². The van der Waals surface area contributed by atoms with Crippen molar-refractivity contribution in [2.75, 3.05) is 0 Å². The minimum Gasteiger partial charge on any atom is -0.342 e. The summed E-state index contributed by atoms with van der Waals surface area (Å²) >= 11 is 5.87. The molecule has 0 aliphatic heterocycles. The molecule has 3 heteroatoms. The van der Waals surface area contributed by atoms with E-state index in [4.69, 9.17) is 11.6 Å². The highest BCUT2D eigenvalue weighted by Gasteiger charge is 2.03. The third kappa shape index (κ3) is 2.04. The van der Waals surface area contributed by atoms with Crippen LogP contribution >= 0.6 is 11.6 Å². The van der Waals surface area contributed by atoms with E-state index >= 15 is 0 Å². The minimum absolute atomic E-state index is 0.537. The van der Waals surface area contributed by atoms with Crippen molar-refractivity contribution < 1.29 is 0 Å². The molecule has 0 aliphatic rings. The summed E-state index contributed by atoms with van der Waals surface area (Å²) in [5.41, 5.74) is 3.33. The Hall–Kier alpha value is -1.80. The maximum Gasteiger partial charge on any atom is 0.129 e. The van der Waals surface area contributed by atoms with Crippen LogP contribution in [0, 0.1) is 0 Å². The average molecular weight is 243 g/mol. The van der Waals surface area contributed by atoms with Gasteiger partial charge in [-0.25, -0.2) is 4.98 Å². The molecular formula is C14H11ClN2. The van der Waals surface area contributed by atoms with Gasteiger partial charge < -0.3 is 4.57 Å². The van der Waals surface area contributed by atoms with E-state index in [0.717, 1.165) is 17.6 Å². The topological polar surface area (TPSA) is 17.8 Å². The zero-order chi connectivity index (χ0) is 11.7. The molecule has 2 nitrogen and oxygen atoms in total. The van der Waals surface area contributed by atoms with Gasteiger partial charge in [0.05, 0.1) is 11.0 Å². The maximum absolute atomic E-state index is 5.87. The lowest BCUT2D eigenvalue weighted by molar-refractivity contribution is 0.836. The average Bonchev–Trinajstić information content (AvgIpc) is 2.73. The Bertz CT molecular complexity index is 644. The molecule has 0 amide bonds. The molecule has 0 atom stereocenters. The summed E-state index contributed by atoms with van der Waals surface area (Å²) in [6.45, 7) is 0.855. The predicted octanol–water partition coefficient (Wildman–Crippen LogP) is 3.74. The Morgan fingerprint density at radius 2 is 1.82 bits per heavy atom. The molecule has 1 aromatic carbocycles. The summed E-state index contributed by atoms with van der Waals surface area (Å²) in [5.74, 6) is 0. The van der Waals surface area contributed by atoms with Crippen molar-refractivity contribution in [1.29, 1.82) is 0 Å². The van der Waals surface area contributed by atoms with Gasteiger partial charge in [-0.2, -0.15) is 0 Å². The minimum atomic E-state index is 0.537. The highest BCUT2D eigenvalue weighted by molar-refractivity contribution is 6.29. The van der Waals surface area contributed by atoms with E-state index in [1.54, 1.807) is 0 Å². The Morgan fingerprint density at radius 3 is 2.65 bits per heavy atom. The van der Waals surface area contributed by atoms with Gasteiger partial charge >= 0.3 is 0 Å². The van der Waals surface area contributed by atoms with E-state index in [9.17, 15) is 0 Å². The molecule has 84 valence electrons. The van der Waals surface area contributed by atoms with E-state index in [1.807, 2.05) is 30.5 Å². The van der Waals surface area contributed by atoms with Gasteiger partial charge in [-0.3, -0.25) is 0 Å². The lowest BCUT2D eigenvalue weighted by Gasteiger charge is -2.05. The summed E-state index contributed by atoms with van der Waals surface area (Å²) in [6, 6.07) is 16.2. The highest BCUT2D eigenvalue weighted by atomic mass is 35.5. The Labute approximate surface area is 104 Å². The van der Waals surface area contributed by atoms with Crippen molar-refractivity contribution in [3.8, 4) is 0 Å². The summed E-state index contributed by atoms with van der Waals surface area (Å²) < 4.78 is 2.17. The van der Waals surface area contributed by atoms with Gasteiger partial charge in [-0.05, 0) is 23.8 Å². The molecule has 0 bridgehead atoms. The fourth-order valence-corrected chi connectivity index (χ4v) is 2.12. The molecule has 0 radical (unpaired) electrons. The molecule has 0 spiro atoms. The predicted molar refractivity (Wildman–Crippen MR) is 70.3 cm³/mol. The van der Waals surface area contributed by atoms with Crippen molar-refractivity contribution in [3.05, 3.63) is 65.4 Å². The molecule has 0 fully saturated rings. The van der Waals surface area contributed by atoms with Crippen LogP contribution in [0.3, 0.4) is 0 Å². The molecule has 17 heavy (non-hydrogen) atoms. The SMILES string of the molecule is Clc1ccc2c(ccn2Cc2ccccc2)n1. The van der Waals surface area contributed by atoms with Crippen LogP contribution in [0.2, 0.25) is 5.15 Å². The van der Waals surface area contributed by atoms with Crippen LogP contribution < -0.4 is 0 Å². The Kier molecular flexibility index (Phi) is 2.57. The molecule has 3 aromatic rings. The lowest BCUT2D eigenvalue weighted by atomic mass is 10.2. The molecular weight excluding hydrogens is 232 g/mol. The van der Waals surface area contributed by atoms with Gasteiger partial charge in [0.15, 0.2) is 0 Å². The molecule has 0 N–H and O–H groups in total. The van der Waals surface area contributed by atoms with E-state index < -0.39 is 0 Å². The van der Waals surface area contributed by atoms with Crippen LogP contribution in [0.5, 0.6) is 0 Å². The number of nitrogens with zero attached hydrogens (tertiary/aromatic N) is 2. The van der Waals surface area contributed by atoms with Crippen LogP contribution in [0.15, 0.2) is 54.7 Å². The molecule has 0 unspecified atom stereocenters. The van der Waals surface area contributed by atoms with Crippen LogP contribution in [-0.4, -0.2) is 9.55 Å². The van der Waals surface area contributed by atoms with Gasteiger partial charge in [0.2, 0.25) is 0 Å². The molecule has 2 heterocycles. The number of pyridine rings is 1. The first kappa shape index (κ1) is 10.4. The van der Waals surface area contributed by atoms with Crippen molar-refractivity contribution >= 4 is 22.6 Å². The molecule has 0 aliphatic carbocycles. The highest BCUT2D eigenvalue weighted by Crippen LogP contribution is 2.17. The van der Waals surface area contributed by atoms with Crippen molar-refractivity contribution in [3.63, 3.8) is 0 Å². The second-order valence-electron chi connectivity index (χ2n) is 3.97. The van der Waals surface area contributed by atoms with Crippen LogP contribution in [-0.2, 0) is 6.54 Å². The first-order chi connectivity index (χ1) is 8.33. The van der Waals surface area contributed by atoms with Crippen molar-refractivity contribution in [2.45, 2.75) is 6.54 Å². The number of rotatable bonds is 2. The second-order valence-corrected chi connectivity index (χ2v) is 4.35. The summed E-state index contributed by atoms with van der Waals surface area (Å²) in [6.07, 6.45) is 2.04. The number of benzene rings is 1. The van der Waals surface area contributed by atoms with Crippen LogP contribution in [0.25, 0.3) is 11.0 Å². The summed E-state index contributed by atoms with van der Waals surface area (Å²) in [7, 11) is 0. The third-order valence-electron chi connectivity index (χ3n) is 2.79. The molecule has 3 rings (SSSR count). The first-order valence-corrected chi connectivity index (χ1v) is 5.86. The zero-order valence-corrected chi connectivity index (χ0v) is 9.93. The van der Waals surface area contributed by atoms with Gasteiger partial charge in [0, 0.05) is 12.7 Å². The fourth-order valence-electron chi connectivity index (χ4n) is 1.97. The second kappa shape index (κ2) is 4.22. The standard InChI is InChI=1S/C14H11ClN2/c15-14-7-6-13-12(16-14)8-9-17(13)10-11-4-2-1-3-5-11/h1-9H,10H2. The quantitative estimate of drug-likeness (QED) is 0.626. The number of hydrogen-bond donors (Lipinski definition) is 0. The molecule has 2 aromatic heterocycles. The maximum atomic E-state index is 5.87. The normalized spacial score (nSPS) is 10.9. The van der Waals surface area contributed by atoms with E-state index in [0.29, 0.717) is 5.15 Å². The zero-order valence-electron chi connectivity index (χ0n) is 9.18.